The van der Waals surface area contributed by atoms with Gasteiger partial charge in [-0.3, -0.25) is 9.88 Å². The van der Waals surface area contributed by atoms with E-state index in [0.29, 0.717) is 6.04 Å². The van der Waals surface area contributed by atoms with Crippen molar-refractivity contribution in [2.75, 3.05) is 18.8 Å². The minimum Gasteiger partial charge on any atom is -0.360 e. The third-order valence-corrected chi connectivity index (χ3v) is 8.03. The maximum atomic E-state index is 13.5. The van der Waals surface area contributed by atoms with Crippen LogP contribution in [-0.2, 0) is 0 Å². The fraction of sp³-hybridized carbons (Fsp3) is 0.370. The number of thioether (sulfide) groups is 1. The molecule has 1 fully saturated rings. The van der Waals surface area contributed by atoms with Crippen LogP contribution in [0, 0.1) is 5.82 Å². The summed E-state index contributed by atoms with van der Waals surface area (Å²) in [6, 6.07) is 11.5. The van der Waals surface area contributed by atoms with Crippen molar-refractivity contribution in [1.29, 1.82) is 0 Å². The molecule has 5 rings (SSSR count). The van der Waals surface area contributed by atoms with Crippen LogP contribution < -0.4 is 0 Å². The molecule has 2 atom stereocenters. The zero-order chi connectivity index (χ0) is 21.9. The van der Waals surface area contributed by atoms with E-state index in [0.717, 1.165) is 35.0 Å². The number of rotatable bonds is 7. The Labute approximate surface area is 194 Å². The van der Waals surface area contributed by atoms with Gasteiger partial charge in [0.1, 0.15) is 5.82 Å². The summed E-state index contributed by atoms with van der Waals surface area (Å²) in [7, 11) is 0. The molecule has 2 unspecified atom stereocenters. The molecule has 1 aromatic carbocycles. The zero-order valence-corrected chi connectivity index (χ0v) is 19.4. The molecule has 2 aliphatic rings. The summed E-state index contributed by atoms with van der Waals surface area (Å²) in [5, 5.41) is 0.764. The predicted octanol–water partition coefficient (Wildman–Crippen LogP) is 6.65. The molecule has 32 heavy (non-hydrogen) atoms. The van der Waals surface area contributed by atoms with Crippen LogP contribution >= 0.6 is 11.8 Å². The van der Waals surface area contributed by atoms with E-state index in [4.69, 9.17) is 0 Å². The number of H-pyrrole nitrogens is 1. The maximum Gasteiger partial charge on any atom is 0.123 e. The van der Waals surface area contributed by atoms with Crippen molar-refractivity contribution in [3.63, 3.8) is 0 Å². The lowest BCUT2D eigenvalue weighted by atomic mass is 9.89. The van der Waals surface area contributed by atoms with Gasteiger partial charge in [0.25, 0.3) is 0 Å². The Morgan fingerprint density at radius 1 is 1.12 bits per heavy atom. The molecule has 0 spiro atoms. The third kappa shape index (κ3) is 4.41. The van der Waals surface area contributed by atoms with Crippen LogP contribution in [0.15, 0.2) is 61.1 Å². The molecule has 5 heteroatoms. The number of halogens is 1. The van der Waals surface area contributed by atoms with Gasteiger partial charge in [-0.15, -0.1) is 0 Å². The highest BCUT2D eigenvalue weighted by atomic mass is 32.2. The van der Waals surface area contributed by atoms with Crippen molar-refractivity contribution < 1.29 is 4.39 Å². The maximum absolute atomic E-state index is 13.5. The lowest BCUT2D eigenvalue weighted by Crippen LogP contribution is -2.33. The number of hydrogen-bond acceptors (Lipinski definition) is 3. The molecule has 166 valence electrons. The van der Waals surface area contributed by atoms with Gasteiger partial charge in [-0.25, -0.2) is 4.39 Å². The first-order chi connectivity index (χ1) is 15.7. The lowest BCUT2D eigenvalue weighted by molar-refractivity contribution is 0.275. The number of benzene rings is 1. The highest BCUT2D eigenvalue weighted by Crippen LogP contribution is 2.42. The molecule has 0 bridgehead atoms. The van der Waals surface area contributed by atoms with E-state index in [9.17, 15) is 4.39 Å². The Morgan fingerprint density at radius 2 is 1.94 bits per heavy atom. The van der Waals surface area contributed by atoms with Crippen molar-refractivity contribution in [1.82, 2.24) is 14.9 Å². The summed E-state index contributed by atoms with van der Waals surface area (Å²) < 4.78 is 13.5. The SMILES string of the molecule is CCCCSC1CC2CC(c3c[nH]c(-c4ccc(F)cc4)c3-c3ccncc3)=CCN2C1. The van der Waals surface area contributed by atoms with Crippen LogP contribution in [0.5, 0.6) is 0 Å². The summed E-state index contributed by atoms with van der Waals surface area (Å²) in [5.74, 6) is 1.07. The molecule has 1 N–H and O–H groups in total. The minimum atomic E-state index is -0.214. The summed E-state index contributed by atoms with van der Waals surface area (Å²) in [6.07, 6.45) is 13.2. The van der Waals surface area contributed by atoms with Gasteiger partial charge in [0.2, 0.25) is 0 Å². The molecule has 2 aliphatic heterocycles. The van der Waals surface area contributed by atoms with Crippen LogP contribution in [-0.4, -0.2) is 45.0 Å². The highest BCUT2D eigenvalue weighted by molar-refractivity contribution is 7.99. The Morgan fingerprint density at radius 3 is 2.72 bits per heavy atom. The summed E-state index contributed by atoms with van der Waals surface area (Å²) >= 11 is 2.17. The molecule has 3 nitrogen and oxygen atoms in total. The molecule has 4 heterocycles. The normalized spacial score (nSPS) is 20.9. The monoisotopic (exact) mass is 447 g/mol. The number of fused-ring (bicyclic) bond motifs is 1. The first kappa shape index (κ1) is 21.5. The first-order valence-electron chi connectivity index (χ1n) is 11.7. The quantitative estimate of drug-likeness (QED) is 0.412. The Kier molecular flexibility index (Phi) is 6.47. The van der Waals surface area contributed by atoms with Crippen molar-refractivity contribution >= 4 is 17.3 Å². The average molecular weight is 448 g/mol. The number of nitrogens with zero attached hydrogens (tertiary/aromatic N) is 2. The van der Waals surface area contributed by atoms with E-state index >= 15 is 0 Å². The van der Waals surface area contributed by atoms with E-state index < -0.39 is 0 Å². The molecule has 0 radical (unpaired) electrons. The second-order valence-electron chi connectivity index (χ2n) is 8.82. The van der Waals surface area contributed by atoms with Gasteiger partial charge in [-0.1, -0.05) is 19.4 Å². The van der Waals surface area contributed by atoms with Gasteiger partial charge in [-0.2, -0.15) is 11.8 Å². The van der Waals surface area contributed by atoms with Crippen LogP contribution in [0.25, 0.3) is 28.0 Å². The van der Waals surface area contributed by atoms with Crippen molar-refractivity contribution in [2.24, 2.45) is 0 Å². The summed E-state index contributed by atoms with van der Waals surface area (Å²) in [4.78, 5) is 10.4. The number of pyridine rings is 1. The van der Waals surface area contributed by atoms with E-state index in [1.54, 1.807) is 0 Å². The highest BCUT2D eigenvalue weighted by Gasteiger charge is 2.35. The molecule has 2 aromatic heterocycles. The van der Waals surface area contributed by atoms with Gasteiger partial charge in [0.15, 0.2) is 0 Å². The predicted molar refractivity (Wildman–Crippen MR) is 133 cm³/mol. The molecule has 1 saturated heterocycles. The van der Waals surface area contributed by atoms with Crippen LogP contribution in [0.3, 0.4) is 0 Å². The number of aromatic nitrogens is 2. The van der Waals surface area contributed by atoms with Crippen LogP contribution in [0.2, 0.25) is 0 Å². The Balaban J connectivity index is 1.44. The van der Waals surface area contributed by atoms with E-state index in [1.807, 2.05) is 24.5 Å². The second-order valence-corrected chi connectivity index (χ2v) is 10.2. The van der Waals surface area contributed by atoms with Crippen molar-refractivity contribution in [3.8, 4) is 22.4 Å². The molecule has 0 amide bonds. The summed E-state index contributed by atoms with van der Waals surface area (Å²) in [6.45, 7) is 4.51. The molecular weight excluding hydrogens is 417 g/mol. The fourth-order valence-electron chi connectivity index (χ4n) is 5.01. The van der Waals surface area contributed by atoms with Gasteiger partial charge >= 0.3 is 0 Å². The molecule has 0 aliphatic carbocycles. The summed E-state index contributed by atoms with van der Waals surface area (Å²) in [5.41, 5.74) is 7.03. The van der Waals surface area contributed by atoms with Crippen molar-refractivity contribution in [2.45, 2.75) is 43.9 Å². The Hall–Kier alpha value is -2.37. The van der Waals surface area contributed by atoms with Crippen LogP contribution in [0.1, 0.15) is 38.2 Å². The van der Waals surface area contributed by atoms with E-state index in [-0.39, 0.29) is 5.82 Å². The number of nitrogens with one attached hydrogen (secondary N) is 1. The minimum absolute atomic E-state index is 0.214. The Bertz CT molecular complexity index is 1070. The van der Waals surface area contributed by atoms with Crippen molar-refractivity contribution in [3.05, 3.63) is 72.4 Å². The second kappa shape index (κ2) is 9.63. The number of aromatic amines is 1. The van der Waals surface area contributed by atoms with Crippen LogP contribution in [0.4, 0.5) is 4.39 Å². The lowest BCUT2D eigenvalue weighted by Gasteiger charge is -2.29. The number of hydrogen-bond donors (Lipinski definition) is 1. The first-order valence-corrected chi connectivity index (χ1v) is 12.7. The number of unbranched alkanes of at least 4 members (excludes halogenated alkanes) is 1. The molecule has 0 saturated carbocycles. The fourth-order valence-corrected chi connectivity index (χ4v) is 6.46. The average Bonchev–Trinajstić information content (AvgIpc) is 3.44. The van der Waals surface area contributed by atoms with Gasteiger partial charge < -0.3 is 4.98 Å². The standard InChI is InChI=1S/C27H30FN3S/c1-2-3-14-32-24-16-23-15-21(10-13-31(23)18-24)25-17-30-27(20-4-6-22(28)7-5-20)26(25)19-8-11-29-12-9-19/h4-12,17,23-24,30H,2-3,13-16,18H2,1H3. The smallest absolute Gasteiger partial charge is 0.123 e. The van der Waals surface area contributed by atoms with E-state index in [2.05, 4.69) is 58.0 Å². The largest absolute Gasteiger partial charge is 0.360 e. The van der Waals surface area contributed by atoms with Gasteiger partial charge in [0.05, 0.1) is 5.69 Å². The topological polar surface area (TPSA) is 31.9 Å². The zero-order valence-electron chi connectivity index (χ0n) is 18.6. The molecule has 3 aromatic rings. The van der Waals surface area contributed by atoms with E-state index in [1.165, 1.54) is 60.4 Å². The third-order valence-electron chi connectivity index (χ3n) is 6.70. The molecular formula is C27H30FN3S. The van der Waals surface area contributed by atoms with Gasteiger partial charge in [-0.05, 0) is 78.1 Å². The van der Waals surface area contributed by atoms with Gasteiger partial charge in [0, 0.05) is 54.1 Å².